The topological polar surface area (TPSA) is 37.3 Å². The van der Waals surface area contributed by atoms with E-state index in [1.54, 1.807) is 6.08 Å². The fourth-order valence-electron chi connectivity index (χ4n) is 0.506. The first kappa shape index (κ1) is 12.7. The molecule has 0 aromatic heterocycles. The molecule has 0 saturated heterocycles. The predicted octanol–water partition coefficient (Wildman–Crippen LogP) is 0.901. The van der Waals surface area contributed by atoms with Gasteiger partial charge in [-0.05, 0) is 6.42 Å². The van der Waals surface area contributed by atoms with Crippen LogP contribution in [0.5, 0.6) is 0 Å². The number of unbranched alkanes of at least 4 members (excludes halogenated alkanes) is 2. The monoisotopic (exact) mass is 250 g/mol. The standard InChI is InChI=1S/C7H12O2.Sn.2H/c1-2-3-4-5-6-7(8)9;;;/h5-6H,2-4H2,1H3,(H,8,9);;;. The summed E-state index contributed by atoms with van der Waals surface area (Å²) in [5, 5.41) is 8.13. The number of rotatable bonds is 4. The van der Waals surface area contributed by atoms with Crippen LogP contribution in [0.1, 0.15) is 26.2 Å². The van der Waals surface area contributed by atoms with E-state index in [4.69, 9.17) is 5.11 Å². The van der Waals surface area contributed by atoms with E-state index in [1.165, 1.54) is 6.08 Å². The first-order valence-electron chi connectivity index (χ1n) is 3.17. The summed E-state index contributed by atoms with van der Waals surface area (Å²) in [5.41, 5.74) is 0. The summed E-state index contributed by atoms with van der Waals surface area (Å²) >= 11 is 0. The number of hydrogen-bond acceptors (Lipinski definition) is 1. The summed E-state index contributed by atoms with van der Waals surface area (Å²) < 4.78 is 0. The van der Waals surface area contributed by atoms with Gasteiger partial charge in [0.05, 0.1) is 0 Å². The van der Waals surface area contributed by atoms with Gasteiger partial charge >= 0.3 is 29.9 Å². The molecule has 0 amide bonds. The normalized spacial score (nSPS) is 9.30. The molecular weight excluding hydrogens is 235 g/mol. The fraction of sp³-hybridized carbons (Fsp3) is 0.571. The second-order valence-electron chi connectivity index (χ2n) is 1.88. The van der Waals surface area contributed by atoms with Crippen molar-refractivity contribution in [3.63, 3.8) is 0 Å². The molecule has 0 aliphatic heterocycles. The molecule has 0 unspecified atom stereocenters. The van der Waals surface area contributed by atoms with Gasteiger partial charge < -0.3 is 5.11 Å². The van der Waals surface area contributed by atoms with Crippen molar-refractivity contribution >= 4 is 29.9 Å². The zero-order valence-electron chi connectivity index (χ0n) is 6.34. The molecule has 0 aliphatic rings. The summed E-state index contributed by atoms with van der Waals surface area (Å²) in [5.74, 6) is -0.855. The minimum atomic E-state index is -0.855. The summed E-state index contributed by atoms with van der Waals surface area (Å²) in [6, 6.07) is 0. The Bertz CT molecular complexity index is 110. The van der Waals surface area contributed by atoms with Crippen LogP contribution in [-0.4, -0.2) is 35.0 Å². The third-order valence-electron chi connectivity index (χ3n) is 0.985. The minimum absolute atomic E-state index is 0. The van der Waals surface area contributed by atoms with Crippen molar-refractivity contribution in [3.8, 4) is 0 Å². The first-order valence-corrected chi connectivity index (χ1v) is 3.17. The maximum atomic E-state index is 9.88. The predicted molar refractivity (Wildman–Crippen MR) is 44.8 cm³/mol. The maximum absolute atomic E-state index is 9.88. The zero-order valence-corrected chi connectivity index (χ0v) is 10.4. The number of allylic oxidation sites excluding steroid dienone is 1. The van der Waals surface area contributed by atoms with Gasteiger partial charge in [0, 0.05) is 6.08 Å². The molecule has 0 rings (SSSR count). The molecule has 0 bridgehead atoms. The van der Waals surface area contributed by atoms with Crippen LogP contribution in [0.3, 0.4) is 0 Å². The molecule has 3 heteroatoms. The molecule has 0 aliphatic carbocycles. The number of hydrogen-bond donors (Lipinski definition) is 1. The summed E-state index contributed by atoms with van der Waals surface area (Å²) in [4.78, 5) is 9.88. The van der Waals surface area contributed by atoms with Gasteiger partial charge in [0.1, 0.15) is 0 Å². The van der Waals surface area contributed by atoms with E-state index in [0.29, 0.717) is 0 Å². The van der Waals surface area contributed by atoms with E-state index >= 15 is 0 Å². The number of carbonyl (C=O) groups is 1. The van der Waals surface area contributed by atoms with Gasteiger partial charge in [-0.15, -0.1) is 0 Å². The zero-order chi connectivity index (χ0) is 7.11. The Hall–Kier alpha value is 0.00870. The molecular formula is C7H14O2Sn. The molecule has 1 N–H and O–H groups in total. The molecule has 0 spiro atoms. The molecule has 58 valence electrons. The van der Waals surface area contributed by atoms with Crippen LogP contribution in [0.2, 0.25) is 0 Å². The number of carboxylic acid groups (broad SMARTS) is 1. The van der Waals surface area contributed by atoms with Crippen molar-refractivity contribution in [1.82, 2.24) is 0 Å². The third kappa shape index (κ3) is 10.9. The first-order chi connectivity index (χ1) is 4.27. The van der Waals surface area contributed by atoms with Gasteiger partial charge in [-0.3, -0.25) is 0 Å². The van der Waals surface area contributed by atoms with Gasteiger partial charge in [0.15, 0.2) is 0 Å². The Morgan fingerprint density at radius 1 is 1.60 bits per heavy atom. The number of aliphatic carboxylic acids is 1. The molecule has 0 aromatic carbocycles. The van der Waals surface area contributed by atoms with E-state index in [9.17, 15) is 4.79 Å². The van der Waals surface area contributed by atoms with Gasteiger partial charge in [0.2, 0.25) is 0 Å². The van der Waals surface area contributed by atoms with Crippen LogP contribution in [0, 0.1) is 0 Å². The molecule has 2 radical (unpaired) electrons. The second kappa shape index (κ2) is 9.01. The Kier molecular flexibility index (Phi) is 11.4. The average molecular weight is 249 g/mol. The van der Waals surface area contributed by atoms with Crippen LogP contribution in [0.4, 0.5) is 0 Å². The Morgan fingerprint density at radius 2 is 2.20 bits per heavy atom. The molecule has 0 aromatic rings. The van der Waals surface area contributed by atoms with Crippen molar-refractivity contribution in [3.05, 3.63) is 12.2 Å². The van der Waals surface area contributed by atoms with Gasteiger partial charge in [0.25, 0.3) is 0 Å². The molecule has 2 nitrogen and oxygen atoms in total. The molecule has 10 heavy (non-hydrogen) atoms. The summed E-state index contributed by atoms with van der Waals surface area (Å²) in [6.07, 6.45) is 5.94. The van der Waals surface area contributed by atoms with E-state index in [2.05, 4.69) is 6.92 Å². The van der Waals surface area contributed by atoms with Crippen LogP contribution in [0.25, 0.3) is 0 Å². The third-order valence-corrected chi connectivity index (χ3v) is 0.985. The molecule has 0 fully saturated rings. The van der Waals surface area contributed by atoms with E-state index in [0.717, 1.165) is 19.3 Å². The van der Waals surface area contributed by atoms with E-state index in [1.807, 2.05) is 0 Å². The number of carboxylic acids is 1. The van der Waals surface area contributed by atoms with E-state index in [-0.39, 0.29) is 23.9 Å². The molecule has 0 heterocycles. The van der Waals surface area contributed by atoms with Crippen LogP contribution < -0.4 is 0 Å². The fourth-order valence-corrected chi connectivity index (χ4v) is 0.506. The Balaban J connectivity index is 0. The molecule has 0 saturated carbocycles. The van der Waals surface area contributed by atoms with Crippen molar-refractivity contribution in [2.45, 2.75) is 26.2 Å². The van der Waals surface area contributed by atoms with Crippen LogP contribution in [0.15, 0.2) is 12.2 Å². The second-order valence-corrected chi connectivity index (χ2v) is 1.88. The molecule has 0 atom stereocenters. The van der Waals surface area contributed by atoms with Gasteiger partial charge in [-0.25, -0.2) is 4.79 Å². The Labute approximate surface area is 78.3 Å². The summed E-state index contributed by atoms with van der Waals surface area (Å²) in [6.45, 7) is 2.08. The SMILES string of the molecule is CCCCC=CC(=O)O.[SnH2]. The summed E-state index contributed by atoms with van der Waals surface area (Å²) in [7, 11) is 0. The van der Waals surface area contributed by atoms with Crippen molar-refractivity contribution in [2.24, 2.45) is 0 Å². The van der Waals surface area contributed by atoms with Crippen LogP contribution in [-0.2, 0) is 4.79 Å². The van der Waals surface area contributed by atoms with Crippen molar-refractivity contribution in [1.29, 1.82) is 0 Å². The van der Waals surface area contributed by atoms with Crippen LogP contribution >= 0.6 is 0 Å². The quantitative estimate of drug-likeness (QED) is 0.456. The van der Waals surface area contributed by atoms with Gasteiger partial charge in [-0.2, -0.15) is 0 Å². The van der Waals surface area contributed by atoms with Gasteiger partial charge in [-0.1, -0.05) is 25.8 Å². The van der Waals surface area contributed by atoms with Crippen molar-refractivity contribution in [2.75, 3.05) is 0 Å². The average Bonchev–Trinajstić information content (AvgIpc) is 1.80. The van der Waals surface area contributed by atoms with Crippen molar-refractivity contribution < 1.29 is 9.90 Å². The van der Waals surface area contributed by atoms with E-state index < -0.39 is 5.97 Å². The Morgan fingerprint density at radius 3 is 2.60 bits per heavy atom.